The Hall–Kier alpha value is -2.17. The minimum Gasteiger partial charge on any atom is -0.356 e. The molecule has 0 bridgehead atoms. The lowest BCUT2D eigenvalue weighted by Crippen LogP contribution is -2.49. The highest BCUT2D eigenvalue weighted by Gasteiger charge is 2.21. The van der Waals surface area contributed by atoms with Crippen LogP contribution in [0, 0.1) is 6.92 Å². The van der Waals surface area contributed by atoms with Gasteiger partial charge in [-0.1, -0.05) is 12.1 Å². The zero-order chi connectivity index (χ0) is 20.7. The summed E-state index contributed by atoms with van der Waals surface area (Å²) in [7, 11) is -1.71. The minimum absolute atomic E-state index is 0.290. The number of aryl methyl sites for hydroxylation is 1. The number of thiophene rings is 1. The number of rotatable bonds is 7. The number of hydrogen-bond donors (Lipinski definition) is 3. The van der Waals surface area contributed by atoms with Crippen molar-refractivity contribution in [1.82, 2.24) is 20.3 Å². The first-order chi connectivity index (χ1) is 14.0. The van der Waals surface area contributed by atoms with Gasteiger partial charge in [0.15, 0.2) is 5.96 Å². The van der Waals surface area contributed by atoms with Crippen LogP contribution in [0.5, 0.6) is 0 Å². The Balaban J connectivity index is 1.39. The van der Waals surface area contributed by atoms with Gasteiger partial charge in [0.25, 0.3) is 0 Å². The highest BCUT2D eigenvalue weighted by molar-refractivity contribution is 7.91. The van der Waals surface area contributed by atoms with Crippen LogP contribution in [0.4, 0.5) is 5.82 Å². The van der Waals surface area contributed by atoms with E-state index in [-0.39, 0.29) is 0 Å². The van der Waals surface area contributed by atoms with Crippen molar-refractivity contribution < 1.29 is 8.42 Å². The molecule has 0 atom stereocenters. The third kappa shape index (κ3) is 6.15. The van der Waals surface area contributed by atoms with E-state index in [0.717, 1.165) is 37.3 Å². The predicted molar refractivity (Wildman–Crippen MR) is 118 cm³/mol. The van der Waals surface area contributed by atoms with Crippen LogP contribution in [0.2, 0.25) is 0 Å². The van der Waals surface area contributed by atoms with Gasteiger partial charge in [0.05, 0.1) is 0 Å². The molecule has 1 fully saturated rings. The second-order valence-electron chi connectivity index (χ2n) is 6.93. The zero-order valence-electron chi connectivity index (χ0n) is 16.8. The average molecular weight is 437 g/mol. The summed E-state index contributed by atoms with van der Waals surface area (Å²) >= 11 is 1.21. The van der Waals surface area contributed by atoms with E-state index in [4.69, 9.17) is 0 Å². The molecule has 0 amide bonds. The molecule has 3 rings (SSSR count). The second-order valence-corrected chi connectivity index (χ2v) is 9.87. The van der Waals surface area contributed by atoms with Gasteiger partial charge in [-0.05, 0) is 42.8 Å². The molecule has 3 N–H and O–H groups in total. The molecule has 1 aliphatic heterocycles. The van der Waals surface area contributed by atoms with Crippen molar-refractivity contribution in [3.05, 3.63) is 41.4 Å². The summed E-state index contributed by atoms with van der Waals surface area (Å²) in [6.07, 6.45) is 3.88. The molecule has 29 heavy (non-hydrogen) atoms. The van der Waals surface area contributed by atoms with Crippen LogP contribution in [-0.4, -0.2) is 58.6 Å². The summed E-state index contributed by atoms with van der Waals surface area (Å²) in [4.78, 5) is 11.1. The topological polar surface area (TPSA) is 98.7 Å². The summed E-state index contributed by atoms with van der Waals surface area (Å²) in [5.74, 6) is 1.71. The van der Waals surface area contributed by atoms with E-state index in [1.807, 2.05) is 13.1 Å². The number of anilines is 1. The highest BCUT2D eigenvalue weighted by atomic mass is 32.2. The number of nitrogens with one attached hydrogen (secondary N) is 3. The first-order valence-electron chi connectivity index (χ1n) is 9.66. The normalized spacial score (nSPS) is 16.1. The van der Waals surface area contributed by atoms with Crippen molar-refractivity contribution in [2.75, 3.05) is 38.1 Å². The standard InChI is InChI=1S/C19H28N6O2S2/c1-15-5-6-17(22-14-15)25-11-7-16(8-12-25)24-19(20-2)21-9-10-23-29(26,27)18-4-3-13-28-18/h3-6,13-14,16,23H,7-12H2,1-2H3,(H2,20,21,24). The lowest BCUT2D eigenvalue weighted by atomic mass is 10.1. The molecule has 8 nitrogen and oxygen atoms in total. The van der Waals surface area contributed by atoms with Gasteiger partial charge in [-0.3, -0.25) is 4.99 Å². The van der Waals surface area contributed by atoms with Crippen molar-refractivity contribution in [2.24, 2.45) is 4.99 Å². The summed E-state index contributed by atoms with van der Waals surface area (Å²) < 4.78 is 27.1. The van der Waals surface area contributed by atoms with Crippen LogP contribution in [0.25, 0.3) is 0 Å². The Morgan fingerprint density at radius 3 is 2.69 bits per heavy atom. The minimum atomic E-state index is -3.43. The van der Waals surface area contributed by atoms with Crippen molar-refractivity contribution in [2.45, 2.75) is 30.0 Å². The molecular formula is C19H28N6O2S2. The van der Waals surface area contributed by atoms with E-state index in [9.17, 15) is 8.42 Å². The third-order valence-electron chi connectivity index (χ3n) is 4.75. The summed E-state index contributed by atoms with van der Waals surface area (Å²) in [5, 5.41) is 8.35. The van der Waals surface area contributed by atoms with Crippen molar-refractivity contribution in [3.8, 4) is 0 Å². The van der Waals surface area contributed by atoms with Crippen molar-refractivity contribution in [1.29, 1.82) is 0 Å². The van der Waals surface area contributed by atoms with Gasteiger partial charge in [0, 0.05) is 45.5 Å². The lowest BCUT2D eigenvalue weighted by Gasteiger charge is -2.33. The Morgan fingerprint density at radius 2 is 2.07 bits per heavy atom. The quantitative estimate of drug-likeness (QED) is 0.346. The average Bonchev–Trinajstić information content (AvgIpc) is 3.27. The Labute approximate surface area is 176 Å². The number of pyridine rings is 1. The number of nitrogens with zero attached hydrogens (tertiary/aromatic N) is 3. The molecule has 0 aliphatic carbocycles. The SMILES string of the molecule is CN=C(NCCNS(=O)(=O)c1cccs1)NC1CCN(c2ccc(C)cn2)CC1. The van der Waals surface area contributed by atoms with E-state index in [1.165, 1.54) is 11.3 Å². The van der Waals surface area contributed by atoms with Gasteiger partial charge >= 0.3 is 0 Å². The van der Waals surface area contributed by atoms with E-state index in [1.54, 1.807) is 24.6 Å². The maximum atomic E-state index is 12.1. The molecule has 10 heteroatoms. The van der Waals surface area contributed by atoms with E-state index >= 15 is 0 Å². The van der Waals surface area contributed by atoms with Crippen LogP contribution in [0.3, 0.4) is 0 Å². The largest absolute Gasteiger partial charge is 0.356 e. The maximum absolute atomic E-state index is 12.1. The van der Waals surface area contributed by atoms with Crippen molar-refractivity contribution in [3.63, 3.8) is 0 Å². The Morgan fingerprint density at radius 1 is 1.28 bits per heavy atom. The molecule has 0 spiro atoms. The number of aliphatic imine (C=N–C) groups is 1. The highest BCUT2D eigenvalue weighted by Crippen LogP contribution is 2.18. The fourth-order valence-electron chi connectivity index (χ4n) is 3.14. The number of piperidine rings is 1. The first-order valence-corrected chi connectivity index (χ1v) is 12.0. The molecule has 0 aromatic carbocycles. The molecule has 1 aliphatic rings. The van der Waals surface area contributed by atoms with Crippen molar-refractivity contribution >= 4 is 33.1 Å². The van der Waals surface area contributed by atoms with Gasteiger partial charge < -0.3 is 15.5 Å². The van der Waals surface area contributed by atoms with Crippen LogP contribution in [-0.2, 0) is 10.0 Å². The third-order valence-corrected chi connectivity index (χ3v) is 7.61. The fourth-order valence-corrected chi connectivity index (χ4v) is 5.21. The number of sulfonamides is 1. The molecule has 0 radical (unpaired) electrons. The molecule has 3 heterocycles. The van der Waals surface area contributed by atoms with Gasteiger partial charge in [-0.2, -0.15) is 0 Å². The zero-order valence-corrected chi connectivity index (χ0v) is 18.4. The molecule has 0 unspecified atom stereocenters. The van der Waals surface area contributed by atoms with Gasteiger partial charge in [0.2, 0.25) is 10.0 Å². The molecule has 2 aromatic heterocycles. The second kappa shape index (κ2) is 10.0. The summed E-state index contributed by atoms with van der Waals surface area (Å²) in [6.45, 7) is 4.66. The summed E-state index contributed by atoms with van der Waals surface area (Å²) in [5.41, 5.74) is 1.16. The summed E-state index contributed by atoms with van der Waals surface area (Å²) in [6, 6.07) is 7.81. The monoisotopic (exact) mass is 436 g/mol. The smallest absolute Gasteiger partial charge is 0.250 e. The van der Waals surface area contributed by atoms with Gasteiger partial charge in [-0.25, -0.2) is 18.1 Å². The van der Waals surface area contributed by atoms with Crippen LogP contribution < -0.4 is 20.3 Å². The van der Waals surface area contributed by atoms with E-state index < -0.39 is 10.0 Å². The van der Waals surface area contributed by atoms with Crippen LogP contribution >= 0.6 is 11.3 Å². The maximum Gasteiger partial charge on any atom is 0.250 e. The molecule has 1 saturated heterocycles. The number of aromatic nitrogens is 1. The van der Waals surface area contributed by atoms with E-state index in [0.29, 0.717) is 29.3 Å². The molecular weight excluding hydrogens is 408 g/mol. The first kappa shape index (κ1) is 21.5. The lowest BCUT2D eigenvalue weighted by molar-refractivity contribution is 0.459. The Kier molecular flexibility index (Phi) is 7.45. The molecule has 158 valence electrons. The van der Waals surface area contributed by atoms with Crippen LogP contribution in [0.15, 0.2) is 45.0 Å². The Bertz CT molecular complexity index is 889. The van der Waals surface area contributed by atoms with Crippen LogP contribution in [0.1, 0.15) is 18.4 Å². The van der Waals surface area contributed by atoms with Gasteiger partial charge in [0.1, 0.15) is 10.0 Å². The fraction of sp³-hybridized carbons (Fsp3) is 0.474. The number of guanidine groups is 1. The van der Waals surface area contributed by atoms with Gasteiger partial charge in [-0.15, -0.1) is 11.3 Å². The van der Waals surface area contributed by atoms with E-state index in [2.05, 4.69) is 42.4 Å². The molecule has 0 saturated carbocycles. The number of hydrogen-bond acceptors (Lipinski definition) is 6. The predicted octanol–water partition coefficient (Wildman–Crippen LogP) is 1.56. The molecule has 2 aromatic rings.